The molecule has 3 rings (SSSR count). The first-order valence-electron chi connectivity index (χ1n) is 7.54. The summed E-state index contributed by atoms with van der Waals surface area (Å²) in [7, 11) is 0. The molecule has 0 saturated heterocycles. The molecule has 2 bridgehead atoms. The molecule has 2 fully saturated rings. The third-order valence-electron chi connectivity index (χ3n) is 5.14. The van der Waals surface area contributed by atoms with Crippen LogP contribution >= 0.6 is 0 Å². The van der Waals surface area contributed by atoms with Crippen LogP contribution in [0.1, 0.15) is 44.6 Å². The lowest BCUT2D eigenvalue weighted by atomic mass is 9.69. The minimum absolute atomic E-state index is 0.516. The maximum absolute atomic E-state index is 5.26. The van der Waals surface area contributed by atoms with E-state index in [1.807, 2.05) is 12.5 Å². The van der Waals surface area contributed by atoms with Crippen LogP contribution in [0, 0.1) is 17.3 Å². The summed E-state index contributed by atoms with van der Waals surface area (Å²) in [6.07, 6.45) is 12.0. The Morgan fingerprint density at radius 2 is 2.39 bits per heavy atom. The van der Waals surface area contributed by atoms with Gasteiger partial charge in [-0.05, 0) is 67.5 Å². The van der Waals surface area contributed by atoms with Crippen LogP contribution < -0.4 is 5.32 Å². The average molecular weight is 247 g/mol. The molecule has 3 unspecified atom stereocenters. The van der Waals surface area contributed by atoms with E-state index < -0.39 is 0 Å². The topological polar surface area (TPSA) is 25.2 Å². The van der Waals surface area contributed by atoms with Crippen molar-refractivity contribution in [3.8, 4) is 0 Å². The predicted molar refractivity (Wildman–Crippen MR) is 73.5 cm³/mol. The van der Waals surface area contributed by atoms with Crippen LogP contribution in [0.25, 0.3) is 0 Å². The zero-order valence-electron chi connectivity index (χ0n) is 11.5. The summed E-state index contributed by atoms with van der Waals surface area (Å²) in [6, 6.07) is 2.15. The predicted octanol–water partition coefficient (Wildman–Crippen LogP) is 3.63. The normalized spacial score (nSPS) is 34.3. The molecule has 0 radical (unpaired) electrons. The van der Waals surface area contributed by atoms with E-state index in [4.69, 9.17) is 4.42 Å². The summed E-state index contributed by atoms with van der Waals surface area (Å²) in [5.74, 6) is 1.95. The van der Waals surface area contributed by atoms with Crippen LogP contribution in [0.3, 0.4) is 0 Å². The van der Waals surface area contributed by atoms with E-state index in [2.05, 4.69) is 18.3 Å². The number of hydrogen-bond donors (Lipinski definition) is 1. The smallest absolute Gasteiger partial charge is 0.0934 e. The molecule has 2 heteroatoms. The SMILES string of the molecule is CCCNCC1(Cc2ccoc2)CC2CCC1C2. The standard InChI is InChI=1S/C16H25NO/c1-2-6-17-12-16(10-14-5-7-18-11-14)9-13-3-4-15(16)8-13/h5,7,11,13,15,17H,2-4,6,8-10,12H2,1H3. The van der Waals surface area contributed by atoms with Gasteiger partial charge in [-0.2, -0.15) is 0 Å². The van der Waals surface area contributed by atoms with Crippen molar-refractivity contribution >= 4 is 0 Å². The van der Waals surface area contributed by atoms with Crippen LogP contribution in [0.5, 0.6) is 0 Å². The second kappa shape index (κ2) is 5.08. The molecule has 2 saturated carbocycles. The van der Waals surface area contributed by atoms with Crippen LogP contribution in [0.2, 0.25) is 0 Å². The fraction of sp³-hybridized carbons (Fsp3) is 0.750. The minimum Gasteiger partial charge on any atom is -0.472 e. The summed E-state index contributed by atoms with van der Waals surface area (Å²) in [5.41, 5.74) is 1.91. The molecule has 0 spiro atoms. The summed E-state index contributed by atoms with van der Waals surface area (Å²) >= 11 is 0. The van der Waals surface area contributed by atoms with E-state index in [9.17, 15) is 0 Å². The largest absolute Gasteiger partial charge is 0.472 e. The molecular weight excluding hydrogens is 222 g/mol. The Labute approximate surface area is 110 Å². The quantitative estimate of drug-likeness (QED) is 0.777. The van der Waals surface area contributed by atoms with Crippen molar-refractivity contribution < 1.29 is 4.42 Å². The van der Waals surface area contributed by atoms with Crippen LogP contribution in [0.15, 0.2) is 23.0 Å². The van der Waals surface area contributed by atoms with E-state index in [0.717, 1.165) is 18.4 Å². The van der Waals surface area contributed by atoms with Gasteiger partial charge in [-0.25, -0.2) is 0 Å². The van der Waals surface area contributed by atoms with Crippen LogP contribution in [-0.4, -0.2) is 13.1 Å². The summed E-state index contributed by atoms with van der Waals surface area (Å²) in [5, 5.41) is 3.68. The lowest BCUT2D eigenvalue weighted by Gasteiger charge is -2.38. The summed E-state index contributed by atoms with van der Waals surface area (Å²) < 4.78 is 5.26. The van der Waals surface area contributed by atoms with Crippen molar-refractivity contribution in [2.24, 2.45) is 17.3 Å². The van der Waals surface area contributed by atoms with Crippen molar-refractivity contribution in [1.82, 2.24) is 5.32 Å². The minimum atomic E-state index is 0.516. The molecule has 1 N–H and O–H groups in total. The van der Waals surface area contributed by atoms with Gasteiger partial charge in [0.1, 0.15) is 0 Å². The number of fused-ring (bicyclic) bond motifs is 2. The highest BCUT2D eigenvalue weighted by atomic mass is 16.3. The average Bonchev–Trinajstić information content (AvgIpc) is 3.06. The van der Waals surface area contributed by atoms with E-state index >= 15 is 0 Å². The Hall–Kier alpha value is -0.760. The molecule has 0 aliphatic heterocycles. The van der Waals surface area contributed by atoms with Gasteiger partial charge in [-0.15, -0.1) is 0 Å². The molecule has 1 heterocycles. The van der Waals surface area contributed by atoms with Crippen molar-refractivity contribution in [3.63, 3.8) is 0 Å². The monoisotopic (exact) mass is 247 g/mol. The Kier molecular flexibility index (Phi) is 3.47. The maximum Gasteiger partial charge on any atom is 0.0934 e. The van der Waals surface area contributed by atoms with Gasteiger partial charge in [-0.3, -0.25) is 0 Å². The number of rotatable bonds is 6. The highest BCUT2D eigenvalue weighted by Crippen LogP contribution is 2.57. The third-order valence-corrected chi connectivity index (χ3v) is 5.14. The van der Waals surface area contributed by atoms with E-state index in [1.54, 1.807) is 0 Å². The van der Waals surface area contributed by atoms with E-state index in [-0.39, 0.29) is 0 Å². The molecule has 1 aromatic heterocycles. The van der Waals surface area contributed by atoms with Gasteiger partial charge >= 0.3 is 0 Å². The van der Waals surface area contributed by atoms with Crippen molar-refractivity contribution in [1.29, 1.82) is 0 Å². The first kappa shape index (κ1) is 12.3. The molecule has 2 aliphatic rings. The summed E-state index contributed by atoms with van der Waals surface area (Å²) in [4.78, 5) is 0. The number of furan rings is 1. The Balaban J connectivity index is 1.71. The molecule has 100 valence electrons. The first-order chi connectivity index (χ1) is 8.82. The molecule has 2 nitrogen and oxygen atoms in total. The zero-order valence-corrected chi connectivity index (χ0v) is 11.5. The second-order valence-electron chi connectivity index (χ2n) is 6.43. The molecular formula is C16H25NO. The highest BCUT2D eigenvalue weighted by molar-refractivity contribution is 5.13. The first-order valence-corrected chi connectivity index (χ1v) is 7.54. The third kappa shape index (κ3) is 2.23. The van der Waals surface area contributed by atoms with Crippen molar-refractivity contribution in [2.75, 3.05) is 13.1 Å². The Morgan fingerprint density at radius 3 is 3.00 bits per heavy atom. The molecule has 2 aliphatic carbocycles. The molecule has 3 atom stereocenters. The highest BCUT2D eigenvalue weighted by Gasteiger charge is 2.50. The van der Waals surface area contributed by atoms with Gasteiger partial charge < -0.3 is 9.73 Å². The summed E-state index contributed by atoms with van der Waals surface area (Å²) in [6.45, 7) is 4.61. The Morgan fingerprint density at radius 1 is 1.44 bits per heavy atom. The maximum atomic E-state index is 5.26. The molecule has 0 aromatic carbocycles. The number of nitrogens with one attached hydrogen (secondary N) is 1. The van der Waals surface area contributed by atoms with Gasteiger partial charge in [0.2, 0.25) is 0 Å². The zero-order chi connectivity index (χ0) is 12.4. The fourth-order valence-electron chi connectivity index (χ4n) is 4.37. The van der Waals surface area contributed by atoms with Crippen molar-refractivity contribution in [2.45, 2.75) is 45.4 Å². The molecule has 0 amide bonds. The van der Waals surface area contributed by atoms with Gasteiger partial charge in [-0.1, -0.05) is 13.3 Å². The lowest BCUT2D eigenvalue weighted by molar-refractivity contribution is 0.156. The van der Waals surface area contributed by atoms with Gasteiger partial charge in [0, 0.05) is 6.54 Å². The van der Waals surface area contributed by atoms with Gasteiger partial charge in [0.15, 0.2) is 0 Å². The van der Waals surface area contributed by atoms with Gasteiger partial charge in [0.05, 0.1) is 12.5 Å². The van der Waals surface area contributed by atoms with E-state index in [1.165, 1.54) is 50.6 Å². The van der Waals surface area contributed by atoms with E-state index in [0.29, 0.717) is 5.41 Å². The van der Waals surface area contributed by atoms with Crippen LogP contribution in [0.4, 0.5) is 0 Å². The molecule has 1 aromatic rings. The molecule has 18 heavy (non-hydrogen) atoms. The van der Waals surface area contributed by atoms with Crippen LogP contribution in [-0.2, 0) is 6.42 Å². The second-order valence-corrected chi connectivity index (χ2v) is 6.43. The van der Waals surface area contributed by atoms with Gasteiger partial charge in [0.25, 0.3) is 0 Å². The number of hydrogen-bond acceptors (Lipinski definition) is 2. The van der Waals surface area contributed by atoms with Crippen molar-refractivity contribution in [3.05, 3.63) is 24.2 Å². The Bertz CT molecular complexity index is 372. The lowest BCUT2D eigenvalue weighted by Crippen LogP contribution is -2.40. The fourth-order valence-corrected chi connectivity index (χ4v) is 4.37.